The Hall–Kier alpha value is -1.04. The lowest BCUT2D eigenvalue weighted by Crippen LogP contribution is -2.46. The summed E-state index contributed by atoms with van der Waals surface area (Å²) in [5, 5.41) is 13.6. The quantitative estimate of drug-likeness (QED) is 0.688. The average Bonchev–Trinajstić information content (AvgIpc) is 2.14. The summed E-state index contributed by atoms with van der Waals surface area (Å²) >= 11 is 3.08. The molecular weight excluding hydrogens is 264 g/mol. The first kappa shape index (κ1) is 14.0. The van der Waals surface area contributed by atoms with Gasteiger partial charge in [0.15, 0.2) is 0 Å². The van der Waals surface area contributed by atoms with E-state index in [1.165, 1.54) is 0 Å². The lowest BCUT2D eigenvalue weighted by Gasteiger charge is -2.13. The maximum absolute atomic E-state index is 11.2. The second kappa shape index (κ2) is 7.28. The van der Waals surface area contributed by atoms with Crippen LogP contribution in [0.3, 0.4) is 0 Å². The number of carboxylic acids is 1. The predicted molar refractivity (Wildman–Crippen MR) is 60.9 cm³/mol. The van der Waals surface area contributed by atoms with E-state index in [1.807, 2.05) is 6.92 Å². The Balaban J connectivity index is 3.99. The van der Waals surface area contributed by atoms with Crippen molar-refractivity contribution in [2.24, 2.45) is 0 Å². The third kappa shape index (κ3) is 6.96. The molecule has 15 heavy (non-hydrogen) atoms. The maximum atomic E-state index is 11.2. The molecule has 0 aliphatic carbocycles. The Kier molecular flexibility index (Phi) is 6.77. The second-order valence-electron chi connectivity index (χ2n) is 3.02. The van der Waals surface area contributed by atoms with E-state index < -0.39 is 18.0 Å². The molecule has 0 bridgehead atoms. The van der Waals surface area contributed by atoms with E-state index in [9.17, 15) is 9.59 Å². The second-order valence-corrected chi connectivity index (χ2v) is 4.15. The van der Waals surface area contributed by atoms with Crippen LogP contribution in [0.5, 0.6) is 0 Å². The summed E-state index contributed by atoms with van der Waals surface area (Å²) in [5.41, 5.74) is 0. The van der Waals surface area contributed by atoms with Crippen molar-refractivity contribution >= 4 is 27.9 Å². The molecule has 0 aliphatic heterocycles. The van der Waals surface area contributed by atoms with Gasteiger partial charge in [0, 0.05) is 4.48 Å². The Morgan fingerprint density at radius 1 is 1.53 bits per heavy atom. The molecule has 3 N–H and O–H groups in total. The van der Waals surface area contributed by atoms with Crippen LogP contribution in [0.1, 0.15) is 19.8 Å². The molecule has 1 atom stereocenters. The largest absolute Gasteiger partial charge is 0.480 e. The van der Waals surface area contributed by atoms with E-state index >= 15 is 0 Å². The third-order valence-corrected chi connectivity index (χ3v) is 1.90. The van der Waals surface area contributed by atoms with Gasteiger partial charge in [-0.2, -0.15) is 0 Å². The van der Waals surface area contributed by atoms with Crippen molar-refractivity contribution in [1.29, 1.82) is 0 Å². The van der Waals surface area contributed by atoms with Crippen LogP contribution in [0.4, 0.5) is 4.79 Å². The molecule has 1 unspecified atom stereocenters. The number of hydrogen-bond acceptors (Lipinski definition) is 2. The normalized spacial score (nSPS) is 11.6. The van der Waals surface area contributed by atoms with E-state index in [1.54, 1.807) is 0 Å². The number of rotatable bonds is 6. The van der Waals surface area contributed by atoms with Crippen LogP contribution in [0.15, 0.2) is 11.1 Å². The molecule has 0 saturated carbocycles. The highest BCUT2D eigenvalue weighted by Crippen LogP contribution is 1.98. The molecule has 0 aliphatic rings. The van der Waals surface area contributed by atoms with Crippen molar-refractivity contribution in [3.8, 4) is 0 Å². The molecule has 86 valence electrons. The van der Waals surface area contributed by atoms with Crippen LogP contribution in [0.2, 0.25) is 0 Å². The van der Waals surface area contributed by atoms with Gasteiger partial charge in [-0.25, -0.2) is 9.59 Å². The zero-order valence-corrected chi connectivity index (χ0v) is 10.1. The summed E-state index contributed by atoms with van der Waals surface area (Å²) in [6, 6.07) is -1.34. The van der Waals surface area contributed by atoms with E-state index in [-0.39, 0.29) is 6.54 Å². The molecule has 0 aromatic carbocycles. The molecule has 5 nitrogen and oxygen atoms in total. The zero-order chi connectivity index (χ0) is 11.8. The Bertz CT molecular complexity index is 256. The molecular formula is C9H15BrN2O3. The minimum atomic E-state index is -1.02. The highest BCUT2D eigenvalue weighted by Gasteiger charge is 2.18. The van der Waals surface area contributed by atoms with E-state index in [0.29, 0.717) is 17.3 Å². The summed E-state index contributed by atoms with van der Waals surface area (Å²) in [6.07, 6.45) is 1.11. The van der Waals surface area contributed by atoms with Gasteiger partial charge in [-0.05, 0) is 6.42 Å². The Morgan fingerprint density at radius 2 is 2.13 bits per heavy atom. The molecule has 0 heterocycles. The first-order valence-corrected chi connectivity index (χ1v) is 5.37. The van der Waals surface area contributed by atoms with Gasteiger partial charge in [-0.1, -0.05) is 35.9 Å². The highest BCUT2D eigenvalue weighted by molar-refractivity contribution is 9.11. The van der Waals surface area contributed by atoms with E-state index in [4.69, 9.17) is 5.11 Å². The topological polar surface area (TPSA) is 78.4 Å². The SMILES string of the molecule is C=C(Br)CNC(=O)NC(CCC)C(=O)O. The molecule has 0 rings (SSSR count). The van der Waals surface area contributed by atoms with Gasteiger partial charge >= 0.3 is 12.0 Å². The van der Waals surface area contributed by atoms with Crippen LogP contribution in [-0.4, -0.2) is 29.7 Å². The number of hydrogen-bond donors (Lipinski definition) is 3. The molecule has 6 heteroatoms. The molecule has 0 aromatic rings. The van der Waals surface area contributed by atoms with Crippen LogP contribution < -0.4 is 10.6 Å². The number of nitrogens with one attached hydrogen (secondary N) is 2. The fourth-order valence-corrected chi connectivity index (χ4v) is 1.07. The first-order chi connectivity index (χ1) is 6.97. The number of carboxylic acid groups (broad SMARTS) is 1. The van der Waals surface area contributed by atoms with Gasteiger partial charge in [0.1, 0.15) is 6.04 Å². The minimum Gasteiger partial charge on any atom is -0.480 e. The molecule has 0 spiro atoms. The standard InChI is InChI=1S/C9H15BrN2O3/c1-3-4-7(8(13)14)12-9(15)11-5-6(2)10/h7H,2-5H2,1H3,(H,13,14)(H2,11,12,15). The van der Waals surface area contributed by atoms with Crippen LogP contribution >= 0.6 is 15.9 Å². The van der Waals surface area contributed by atoms with Crippen molar-refractivity contribution in [3.05, 3.63) is 11.1 Å². The van der Waals surface area contributed by atoms with Crippen LogP contribution in [-0.2, 0) is 4.79 Å². The Morgan fingerprint density at radius 3 is 2.53 bits per heavy atom. The zero-order valence-electron chi connectivity index (χ0n) is 8.55. The number of halogens is 1. The fourth-order valence-electron chi connectivity index (χ4n) is 0.932. The number of amides is 2. The number of carbonyl (C=O) groups is 2. The van der Waals surface area contributed by atoms with Crippen LogP contribution in [0, 0.1) is 0 Å². The van der Waals surface area contributed by atoms with Gasteiger partial charge in [0.05, 0.1) is 6.54 Å². The minimum absolute atomic E-state index is 0.268. The van der Waals surface area contributed by atoms with Crippen molar-refractivity contribution in [2.45, 2.75) is 25.8 Å². The molecule has 0 aromatic heterocycles. The lowest BCUT2D eigenvalue weighted by atomic mass is 10.2. The van der Waals surface area contributed by atoms with Gasteiger partial charge in [0.25, 0.3) is 0 Å². The van der Waals surface area contributed by atoms with E-state index in [0.717, 1.165) is 0 Å². The number of urea groups is 1. The van der Waals surface area contributed by atoms with Gasteiger partial charge in [-0.15, -0.1) is 0 Å². The summed E-state index contributed by atoms with van der Waals surface area (Å²) in [6.45, 7) is 5.66. The molecule has 0 fully saturated rings. The fraction of sp³-hybridized carbons (Fsp3) is 0.556. The lowest BCUT2D eigenvalue weighted by molar-refractivity contribution is -0.139. The number of aliphatic carboxylic acids is 1. The van der Waals surface area contributed by atoms with Crippen molar-refractivity contribution in [2.75, 3.05) is 6.54 Å². The predicted octanol–water partition coefficient (Wildman–Crippen LogP) is 1.45. The van der Waals surface area contributed by atoms with Gasteiger partial charge in [0.2, 0.25) is 0 Å². The van der Waals surface area contributed by atoms with Crippen molar-refractivity contribution < 1.29 is 14.7 Å². The monoisotopic (exact) mass is 278 g/mol. The molecule has 0 saturated heterocycles. The smallest absolute Gasteiger partial charge is 0.326 e. The highest BCUT2D eigenvalue weighted by atomic mass is 79.9. The van der Waals surface area contributed by atoms with Crippen molar-refractivity contribution in [1.82, 2.24) is 10.6 Å². The molecule has 2 amide bonds. The summed E-state index contributed by atoms with van der Waals surface area (Å²) in [4.78, 5) is 21.9. The van der Waals surface area contributed by atoms with Gasteiger partial charge in [-0.3, -0.25) is 0 Å². The number of carbonyl (C=O) groups excluding carboxylic acids is 1. The van der Waals surface area contributed by atoms with Crippen LogP contribution in [0.25, 0.3) is 0 Å². The maximum Gasteiger partial charge on any atom is 0.326 e. The molecule has 0 radical (unpaired) electrons. The van der Waals surface area contributed by atoms with E-state index in [2.05, 4.69) is 33.1 Å². The third-order valence-electron chi connectivity index (χ3n) is 1.62. The summed E-state index contributed by atoms with van der Waals surface area (Å²) in [7, 11) is 0. The average molecular weight is 279 g/mol. The Labute approximate surface area is 97.1 Å². The van der Waals surface area contributed by atoms with Gasteiger partial charge < -0.3 is 15.7 Å². The summed E-state index contributed by atoms with van der Waals surface area (Å²) < 4.78 is 0.625. The van der Waals surface area contributed by atoms with Crippen molar-refractivity contribution in [3.63, 3.8) is 0 Å². The summed E-state index contributed by atoms with van der Waals surface area (Å²) in [5.74, 6) is -1.02. The first-order valence-electron chi connectivity index (χ1n) is 4.57.